The molecule has 1 atom stereocenters. The Labute approximate surface area is 103 Å². The molecule has 16 heavy (non-hydrogen) atoms. The second-order valence-corrected chi connectivity index (χ2v) is 3.91. The van der Waals surface area contributed by atoms with Crippen LogP contribution in [0.1, 0.15) is 13.3 Å². The second kappa shape index (κ2) is 7.65. The molecule has 0 radical (unpaired) electrons. The predicted molar refractivity (Wildman–Crippen MR) is 64.9 cm³/mol. The molecule has 0 aromatic rings. The lowest BCUT2D eigenvalue weighted by atomic mass is 10.2. The molecule has 0 N–H and O–H groups in total. The summed E-state index contributed by atoms with van der Waals surface area (Å²) in [5.41, 5.74) is 0.447. The first-order valence-electron chi connectivity index (χ1n) is 5.22. The van der Waals surface area contributed by atoms with E-state index in [-0.39, 0.29) is 18.4 Å². The van der Waals surface area contributed by atoms with E-state index in [9.17, 15) is 4.79 Å². The molecule has 5 heteroatoms. The summed E-state index contributed by atoms with van der Waals surface area (Å²) in [6.45, 7) is 8.07. The van der Waals surface area contributed by atoms with Crippen LogP contribution in [0.4, 0.5) is 0 Å². The number of rotatable bonds is 4. The largest absolute Gasteiger partial charge is 0.462 e. The van der Waals surface area contributed by atoms with Crippen molar-refractivity contribution in [2.45, 2.75) is 19.4 Å². The first-order valence-corrected chi connectivity index (χ1v) is 5.22. The molecule has 0 bridgehead atoms. The van der Waals surface area contributed by atoms with Crippen LogP contribution in [0.25, 0.3) is 0 Å². The van der Waals surface area contributed by atoms with E-state index in [1.54, 1.807) is 6.92 Å². The first kappa shape index (κ1) is 15.4. The number of carbonyl (C=O) groups excluding carboxylic acids is 1. The van der Waals surface area contributed by atoms with Crippen molar-refractivity contribution in [1.29, 1.82) is 0 Å². The number of morpholine rings is 1. The molecule has 1 fully saturated rings. The monoisotopic (exact) mass is 249 g/mol. The molecular weight excluding hydrogens is 230 g/mol. The Hall–Kier alpha value is -0.580. The average Bonchev–Trinajstić information content (AvgIpc) is 2.20. The minimum Gasteiger partial charge on any atom is -0.462 e. The highest BCUT2D eigenvalue weighted by Crippen LogP contribution is 2.08. The Bertz CT molecular complexity index is 245. The molecule has 0 amide bonds. The van der Waals surface area contributed by atoms with E-state index in [4.69, 9.17) is 9.47 Å². The van der Waals surface area contributed by atoms with Crippen LogP contribution in [0.5, 0.6) is 0 Å². The van der Waals surface area contributed by atoms with E-state index in [1.807, 2.05) is 0 Å². The van der Waals surface area contributed by atoms with Gasteiger partial charge in [0.2, 0.25) is 0 Å². The fourth-order valence-corrected chi connectivity index (χ4v) is 1.45. The fourth-order valence-electron chi connectivity index (χ4n) is 1.45. The summed E-state index contributed by atoms with van der Waals surface area (Å²) in [7, 11) is 2.06. The van der Waals surface area contributed by atoms with Gasteiger partial charge in [-0.2, -0.15) is 0 Å². The normalized spacial score (nSPS) is 21.0. The van der Waals surface area contributed by atoms with Gasteiger partial charge in [0.1, 0.15) is 0 Å². The summed E-state index contributed by atoms with van der Waals surface area (Å²) in [5, 5.41) is 0. The van der Waals surface area contributed by atoms with E-state index in [0.717, 1.165) is 26.2 Å². The Morgan fingerprint density at radius 3 is 2.88 bits per heavy atom. The Kier molecular flexibility index (Phi) is 7.38. The molecule has 0 aliphatic carbocycles. The number of esters is 1. The molecule has 1 aliphatic heterocycles. The van der Waals surface area contributed by atoms with Gasteiger partial charge < -0.3 is 9.47 Å². The van der Waals surface area contributed by atoms with Crippen LogP contribution in [0.15, 0.2) is 12.2 Å². The van der Waals surface area contributed by atoms with Gasteiger partial charge in [0.15, 0.2) is 0 Å². The number of hydrogen-bond donors (Lipinski definition) is 0. The van der Waals surface area contributed by atoms with Crippen molar-refractivity contribution in [3.63, 3.8) is 0 Å². The van der Waals surface area contributed by atoms with Gasteiger partial charge in [-0.15, -0.1) is 12.4 Å². The number of ether oxygens (including phenoxy) is 2. The molecule has 0 saturated carbocycles. The number of hydrogen-bond acceptors (Lipinski definition) is 4. The van der Waals surface area contributed by atoms with Crippen molar-refractivity contribution in [1.82, 2.24) is 4.90 Å². The van der Waals surface area contributed by atoms with Crippen LogP contribution in [0.3, 0.4) is 0 Å². The Morgan fingerprint density at radius 1 is 1.62 bits per heavy atom. The zero-order chi connectivity index (χ0) is 11.3. The van der Waals surface area contributed by atoms with E-state index >= 15 is 0 Å². The lowest BCUT2D eigenvalue weighted by molar-refractivity contribution is -0.139. The minimum atomic E-state index is -0.311. The highest BCUT2D eigenvalue weighted by molar-refractivity contribution is 5.86. The summed E-state index contributed by atoms with van der Waals surface area (Å²) in [5.74, 6) is -0.311. The quantitative estimate of drug-likeness (QED) is 0.555. The molecular formula is C11H20ClNO3. The van der Waals surface area contributed by atoms with Crippen LogP contribution in [0, 0.1) is 0 Å². The molecule has 1 unspecified atom stereocenters. The number of nitrogens with zero attached hydrogens (tertiary/aromatic N) is 1. The van der Waals surface area contributed by atoms with Gasteiger partial charge in [0.25, 0.3) is 0 Å². The second-order valence-electron chi connectivity index (χ2n) is 3.91. The number of carbonyl (C=O) groups is 1. The summed E-state index contributed by atoms with van der Waals surface area (Å²) in [4.78, 5) is 13.3. The van der Waals surface area contributed by atoms with Crippen molar-refractivity contribution in [2.24, 2.45) is 0 Å². The number of halogens is 1. The Morgan fingerprint density at radius 2 is 2.31 bits per heavy atom. The summed E-state index contributed by atoms with van der Waals surface area (Å²) in [6.07, 6.45) is 0.815. The highest BCUT2D eigenvalue weighted by atomic mass is 35.5. The third-order valence-corrected chi connectivity index (χ3v) is 2.55. The topological polar surface area (TPSA) is 38.8 Å². The van der Waals surface area contributed by atoms with Gasteiger partial charge in [-0.3, -0.25) is 4.90 Å². The van der Waals surface area contributed by atoms with Crippen molar-refractivity contribution >= 4 is 18.4 Å². The van der Waals surface area contributed by atoms with Gasteiger partial charge in [0, 0.05) is 18.2 Å². The van der Waals surface area contributed by atoms with Crippen LogP contribution in [-0.2, 0) is 14.3 Å². The van der Waals surface area contributed by atoms with Crippen molar-refractivity contribution in [3.8, 4) is 0 Å². The van der Waals surface area contributed by atoms with Gasteiger partial charge >= 0.3 is 5.97 Å². The molecule has 0 aromatic carbocycles. The lowest BCUT2D eigenvalue weighted by Crippen LogP contribution is -2.43. The molecule has 94 valence electrons. The van der Waals surface area contributed by atoms with Crippen molar-refractivity contribution in [2.75, 3.05) is 33.4 Å². The molecule has 1 rings (SSSR count). The van der Waals surface area contributed by atoms with Gasteiger partial charge in [-0.05, 0) is 20.4 Å². The van der Waals surface area contributed by atoms with Crippen molar-refractivity contribution in [3.05, 3.63) is 12.2 Å². The van der Waals surface area contributed by atoms with Gasteiger partial charge in [0.05, 0.1) is 19.8 Å². The van der Waals surface area contributed by atoms with Crippen LogP contribution in [0.2, 0.25) is 0 Å². The molecule has 4 nitrogen and oxygen atoms in total. The molecule has 1 heterocycles. The maximum absolute atomic E-state index is 11.1. The third-order valence-electron chi connectivity index (χ3n) is 2.55. The first-order chi connectivity index (χ1) is 7.11. The summed E-state index contributed by atoms with van der Waals surface area (Å²) < 4.78 is 10.4. The Balaban J connectivity index is 0.00000225. The predicted octanol–water partition coefficient (Wildman–Crippen LogP) is 1.25. The maximum atomic E-state index is 11.1. The average molecular weight is 250 g/mol. The smallest absolute Gasteiger partial charge is 0.333 e. The maximum Gasteiger partial charge on any atom is 0.333 e. The van der Waals surface area contributed by atoms with Crippen LogP contribution >= 0.6 is 12.4 Å². The van der Waals surface area contributed by atoms with Crippen LogP contribution < -0.4 is 0 Å². The number of likely N-dealkylation sites (N-methyl/N-ethyl adjacent to an activating group) is 1. The van der Waals surface area contributed by atoms with Gasteiger partial charge in [-0.1, -0.05) is 6.58 Å². The SMILES string of the molecule is C=C(C)C(=O)OCCC1COCCN1C.Cl. The van der Waals surface area contributed by atoms with E-state index in [2.05, 4.69) is 18.5 Å². The van der Waals surface area contributed by atoms with E-state index in [0.29, 0.717) is 18.2 Å². The minimum absolute atomic E-state index is 0. The summed E-state index contributed by atoms with van der Waals surface area (Å²) in [6, 6.07) is 0.358. The molecule has 0 aromatic heterocycles. The van der Waals surface area contributed by atoms with Gasteiger partial charge in [-0.25, -0.2) is 4.79 Å². The third kappa shape index (κ3) is 4.96. The summed E-state index contributed by atoms with van der Waals surface area (Å²) >= 11 is 0. The standard InChI is InChI=1S/C11H19NO3.ClH/c1-9(2)11(13)15-6-4-10-8-14-7-5-12(10)3;/h10H,1,4-8H2,2-3H3;1H. The van der Waals surface area contributed by atoms with E-state index in [1.165, 1.54) is 0 Å². The molecule has 1 aliphatic rings. The van der Waals surface area contributed by atoms with Crippen molar-refractivity contribution < 1.29 is 14.3 Å². The van der Waals surface area contributed by atoms with Crippen LogP contribution in [-0.4, -0.2) is 50.3 Å². The fraction of sp³-hybridized carbons (Fsp3) is 0.727. The zero-order valence-corrected chi connectivity index (χ0v) is 10.7. The molecule has 1 saturated heterocycles. The lowest BCUT2D eigenvalue weighted by Gasteiger charge is -2.32. The van der Waals surface area contributed by atoms with E-state index < -0.39 is 0 Å². The molecule has 0 spiro atoms. The highest BCUT2D eigenvalue weighted by Gasteiger charge is 2.19. The zero-order valence-electron chi connectivity index (χ0n) is 9.90.